The van der Waals surface area contributed by atoms with Crippen LogP contribution >= 0.6 is 0 Å². The van der Waals surface area contributed by atoms with E-state index in [1.165, 1.54) is 0 Å². The van der Waals surface area contributed by atoms with Gasteiger partial charge in [0.05, 0.1) is 5.56 Å². The topological polar surface area (TPSA) is 37.3 Å². The predicted octanol–water partition coefficient (Wildman–Crippen LogP) is 2.94. The van der Waals surface area contributed by atoms with Crippen molar-refractivity contribution in [2.75, 3.05) is 0 Å². The molecule has 6 heteroatoms. The highest BCUT2D eigenvalue weighted by atomic mass is 19.4. The summed E-state index contributed by atoms with van der Waals surface area (Å²) in [7, 11) is 0. The van der Waals surface area contributed by atoms with Gasteiger partial charge in [0.15, 0.2) is 0 Å². The van der Waals surface area contributed by atoms with Crippen molar-refractivity contribution in [1.82, 2.24) is 0 Å². The van der Waals surface area contributed by atoms with Crippen molar-refractivity contribution in [2.45, 2.75) is 6.18 Å². The van der Waals surface area contributed by atoms with Gasteiger partial charge < -0.3 is 5.11 Å². The van der Waals surface area contributed by atoms with Crippen molar-refractivity contribution >= 4 is 12.0 Å². The minimum atomic E-state index is -4.66. The molecule has 1 aromatic rings. The highest BCUT2D eigenvalue weighted by molar-refractivity contribution is 5.85. The minimum absolute atomic E-state index is 0.158. The van der Waals surface area contributed by atoms with E-state index in [9.17, 15) is 22.4 Å². The summed E-state index contributed by atoms with van der Waals surface area (Å²) in [4.78, 5) is 10.1. The molecule has 1 N–H and O–H groups in total. The molecule has 0 heterocycles. The summed E-state index contributed by atoms with van der Waals surface area (Å²) in [6.45, 7) is 0. The molecule has 0 aliphatic carbocycles. The van der Waals surface area contributed by atoms with Crippen LogP contribution in [-0.4, -0.2) is 11.1 Å². The van der Waals surface area contributed by atoms with Crippen molar-refractivity contribution in [1.29, 1.82) is 0 Å². The van der Waals surface area contributed by atoms with Crippen LogP contribution in [0.5, 0.6) is 0 Å². The Kier molecular flexibility index (Phi) is 3.31. The molecule has 0 radical (unpaired) electrons. The fourth-order valence-corrected chi connectivity index (χ4v) is 1.04. The van der Waals surface area contributed by atoms with E-state index >= 15 is 0 Å². The van der Waals surface area contributed by atoms with Crippen LogP contribution in [-0.2, 0) is 11.0 Å². The lowest BCUT2D eigenvalue weighted by atomic mass is 10.1. The van der Waals surface area contributed by atoms with E-state index in [2.05, 4.69) is 0 Å². The molecule has 1 rings (SSSR count). The van der Waals surface area contributed by atoms with Crippen LogP contribution in [0, 0.1) is 5.82 Å². The first kappa shape index (κ1) is 12.2. The molecule has 0 aliphatic rings. The molecule has 0 amide bonds. The lowest BCUT2D eigenvalue weighted by molar-refractivity contribution is -0.137. The normalized spacial score (nSPS) is 12.0. The van der Waals surface area contributed by atoms with Crippen molar-refractivity contribution in [2.24, 2.45) is 0 Å². The third kappa shape index (κ3) is 3.38. The van der Waals surface area contributed by atoms with Gasteiger partial charge >= 0.3 is 12.1 Å². The Bertz CT molecular complexity index is 435. The number of alkyl halides is 3. The Morgan fingerprint density at radius 1 is 1.25 bits per heavy atom. The smallest absolute Gasteiger partial charge is 0.416 e. The minimum Gasteiger partial charge on any atom is -0.478 e. The summed E-state index contributed by atoms with van der Waals surface area (Å²) in [5, 5.41) is 8.27. The van der Waals surface area contributed by atoms with Crippen LogP contribution in [0.1, 0.15) is 11.1 Å². The monoisotopic (exact) mass is 234 g/mol. The maximum atomic E-state index is 12.8. The van der Waals surface area contributed by atoms with Gasteiger partial charge in [0.2, 0.25) is 0 Å². The first-order valence-electron chi connectivity index (χ1n) is 4.08. The van der Waals surface area contributed by atoms with Crippen LogP contribution in [0.15, 0.2) is 24.3 Å². The number of halogens is 4. The van der Waals surface area contributed by atoms with Gasteiger partial charge in [-0.1, -0.05) is 0 Å². The molecule has 2 nitrogen and oxygen atoms in total. The van der Waals surface area contributed by atoms with Crippen molar-refractivity contribution in [3.05, 3.63) is 41.2 Å². The molecule has 0 fully saturated rings. The Balaban J connectivity index is 3.13. The fourth-order valence-electron chi connectivity index (χ4n) is 1.04. The molecule has 0 aromatic heterocycles. The lowest BCUT2D eigenvalue weighted by Gasteiger charge is -2.07. The number of hydrogen-bond acceptors (Lipinski definition) is 1. The number of carboxylic acids is 1. The summed E-state index contributed by atoms with van der Waals surface area (Å²) in [6, 6.07) is 1.83. The van der Waals surface area contributed by atoms with Crippen LogP contribution in [0.2, 0.25) is 0 Å². The highest BCUT2D eigenvalue weighted by Crippen LogP contribution is 2.30. The number of aliphatic carboxylic acids is 1. The Hall–Kier alpha value is -1.85. The maximum Gasteiger partial charge on any atom is 0.416 e. The second kappa shape index (κ2) is 4.34. The zero-order valence-corrected chi connectivity index (χ0v) is 7.75. The quantitative estimate of drug-likeness (QED) is 0.631. The number of hydrogen-bond donors (Lipinski definition) is 1. The maximum absolute atomic E-state index is 12.8. The van der Waals surface area contributed by atoms with Crippen LogP contribution in [0.3, 0.4) is 0 Å². The summed E-state index contributed by atoms with van der Waals surface area (Å²) in [5.74, 6) is -2.39. The Morgan fingerprint density at radius 3 is 2.38 bits per heavy atom. The number of rotatable bonds is 2. The molecule has 86 valence electrons. The number of benzene rings is 1. The lowest BCUT2D eigenvalue weighted by Crippen LogP contribution is -2.05. The van der Waals surface area contributed by atoms with Crippen molar-refractivity contribution in [3.63, 3.8) is 0 Å². The van der Waals surface area contributed by atoms with Gasteiger partial charge in [-0.05, 0) is 29.8 Å². The van der Waals surface area contributed by atoms with Crippen molar-refractivity contribution < 1.29 is 27.5 Å². The van der Waals surface area contributed by atoms with Gasteiger partial charge in [-0.25, -0.2) is 9.18 Å². The molecule has 0 bridgehead atoms. The fraction of sp³-hybridized carbons (Fsp3) is 0.100. The zero-order chi connectivity index (χ0) is 12.3. The van der Waals surface area contributed by atoms with E-state index in [1.54, 1.807) is 0 Å². The van der Waals surface area contributed by atoms with E-state index in [0.717, 1.165) is 12.1 Å². The molecule has 1 aromatic carbocycles. The second-order valence-electron chi connectivity index (χ2n) is 2.94. The Labute approximate surface area is 87.8 Å². The van der Waals surface area contributed by atoms with Gasteiger partial charge in [0, 0.05) is 6.08 Å². The van der Waals surface area contributed by atoms with Crippen LogP contribution in [0.25, 0.3) is 6.08 Å². The van der Waals surface area contributed by atoms with E-state index < -0.39 is 23.5 Å². The standard InChI is InChI=1S/C10H6F4O2/c11-8-4-6(1-2-9(15)16)3-7(5-8)10(12,13)14/h1-5H,(H,15,16)/b2-1-. The molecule has 0 aliphatic heterocycles. The summed E-state index contributed by atoms with van der Waals surface area (Å²) < 4.78 is 49.5. The molecule has 0 saturated heterocycles. The molecule has 0 atom stereocenters. The molecule has 16 heavy (non-hydrogen) atoms. The average molecular weight is 234 g/mol. The first-order valence-corrected chi connectivity index (χ1v) is 4.08. The third-order valence-electron chi connectivity index (χ3n) is 1.67. The van der Waals surface area contributed by atoms with E-state index in [0.29, 0.717) is 18.2 Å². The molecule has 0 saturated carbocycles. The highest BCUT2D eigenvalue weighted by Gasteiger charge is 2.31. The van der Waals surface area contributed by atoms with Gasteiger partial charge in [-0.2, -0.15) is 13.2 Å². The largest absolute Gasteiger partial charge is 0.478 e. The molecule has 0 spiro atoms. The summed E-state index contributed by atoms with van der Waals surface area (Å²) in [6.07, 6.45) is -3.14. The molecule has 0 unspecified atom stereocenters. The van der Waals surface area contributed by atoms with E-state index in [4.69, 9.17) is 5.11 Å². The zero-order valence-electron chi connectivity index (χ0n) is 7.75. The van der Waals surface area contributed by atoms with Gasteiger partial charge in [-0.15, -0.1) is 0 Å². The van der Waals surface area contributed by atoms with Gasteiger partial charge in [0.1, 0.15) is 5.82 Å². The molecular formula is C10H6F4O2. The second-order valence-corrected chi connectivity index (χ2v) is 2.94. The number of carbonyl (C=O) groups is 1. The van der Waals surface area contributed by atoms with Gasteiger partial charge in [-0.3, -0.25) is 0 Å². The van der Waals surface area contributed by atoms with Crippen LogP contribution in [0.4, 0.5) is 17.6 Å². The Morgan fingerprint density at radius 2 is 1.88 bits per heavy atom. The predicted molar refractivity (Wildman–Crippen MR) is 48.1 cm³/mol. The van der Waals surface area contributed by atoms with Crippen LogP contribution < -0.4 is 0 Å². The SMILES string of the molecule is O=C(O)/C=C\c1cc(F)cc(C(F)(F)F)c1. The number of carboxylic acid groups (broad SMARTS) is 1. The van der Waals surface area contributed by atoms with E-state index in [-0.39, 0.29) is 5.56 Å². The summed E-state index contributed by atoms with van der Waals surface area (Å²) in [5.41, 5.74) is -1.31. The third-order valence-corrected chi connectivity index (χ3v) is 1.67. The van der Waals surface area contributed by atoms with E-state index in [1.807, 2.05) is 0 Å². The van der Waals surface area contributed by atoms with Gasteiger partial charge in [0.25, 0.3) is 0 Å². The molecular weight excluding hydrogens is 228 g/mol. The van der Waals surface area contributed by atoms with Crippen molar-refractivity contribution in [3.8, 4) is 0 Å². The summed E-state index contributed by atoms with van der Waals surface area (Å²) >= 11 is 0. The first-order chi connectivity index (χ1) is 7.29. The average Bonchev–Trinajstić information content (AvgIpc) is 2.12.